The molecular formula is C12H10FN3O2. The van der Waals surface area contributed by atoms with E-state index in [2.05, 4.69) is 15.3 Å². The van der Waals surface area contributed by atoms with Crippen molar-refractivity contribution >= 4 is 11.9 Å². The first-order chi connectivity index (χ1) is 8.74. The van der Waals surface area contributed by atoms with E-state index >= 15 is 0 Å². The summed E-state index contributed by atoms with van der Waals surface area (Å²) in [5, 5.41) is 2.46. The first kappa shape index (κ1) is 12.0. The van der Waals surface area contributed by atoms with Gasteiger partial charge >= 0.3 is 0 Å². The lowest BCUT2D eigenvalue weighted by Gasteiger charge is -2.05. The molecule has 0 saturated carbocycles. The molecule has 2 rings (SSSR count). The standard InChI is InChI=1S/C12H10FN3O2/c13-9-2-4-10(5-3-9)18-8-11(17)16-12-14-6-1-7-15-12/h1-7H,8H2,(H,14,15,16,17). The largest absolute Gasteiger partial charge is 0.484 e. The summed E-state index contributed by atoms with van der Waals surface area (Å²) in [7, 11) is 0. The van der Waals surface area contributed by atoms with E-state index in [0.717, 1.165) is 0 Å². The van der Waals surface area contributed by atoms with E-state index in [-0.39, 0.29) is 24.3 Å². The molecule has 1 aromatic heterocycles. The van der Waals surface area contributed by atoms with Gasteiger partial charge in [-0.05, 0) is 30.3 Å². The number of amides is 1. The molecule has 92 valence electrons. The smallest absolute Gasteiger partial charge is 0.264 e. The van der Waals surface area contributed by atoms with E-state index in [9.17, 15) is 9.18 Å². The van der Waals surface area contributed by atoms with Crippen LogP contribution in [0.2, 0.25) is 0 Å². The number of nitrogens with one attached hydrogen (secondary N) is 1. The van der Waals surface area contributed by atoms with Gasteiger partial charge in [-0.3, -0.25) is 10.1 Å². The van der Waals surface area contributed by atoms with Crippen LogP contribution < -0.4 is 10.1 Å². The number of hydrogen-bond acceptors (Lipinski definition) is 4. The molecule has 1 amide bonds. The lowest BCUT2D eigenvalue weighted by molar-refractivity contribution is -0.118. The molecule has 1 N–H and O–H groups in total. The summed E-state index contributed by atoms with van der Waals surface area (Å²) in [6, 6.07) is 7.05. The van der Waals surface area contributed by atoms with Gasteiger partial charge in [-0.2, -0.15) is 0 Å². The summed E-state index contributed by atoms with van der Waals surface area (Å²) in [6.07, 6.45) is 3.03. The number of rotatable bonds is 4. The van der Waals surface area contributed by atoms with Crippen LogP contribution in [0.4, 0.5) is 10.3 Å². The molecule has 0 spiro atoms. The zero-order valence-electron chi connectivity index (χ0n) is 9.34. The van der Waals surface area contributed by atoms with Gasteiger partial charge in [0.15, 0.2) is 6.61 Å². The molecule has 0 saturated heterocycles. The Kier molecular flexibility index (Phi) is 3.80. The molecule has 1 aromatic carbocycles. The van der Waals surface area contributed by atoms with Gasteiger partial charge in [-0.1, -0.05) is 0 Å². The first-order valence-corrected chi connectivity index (χ1v) is 5.19. The molecule has 0 unspecified atom stereocenters. The topological polar surface area (TPSA) is 64.1 Å². The Morgan fingerprint density at radius 1 is 1.22 bits per heavy atom. The van der Waals surface area contributed by atoms with Crippen molar-refractivity contribution in [3.8, 4) is 5.75 Å². The molecule has 2 aromatic rings. The summed E-state index contributed by atoms with van der Waals surface area (Å²) in [4.78, 5) is 19.1. The van der Waals surface area contributed by atoms with Crippen LogP contribution in [0.3, 0.4) is 0 Å². The summed E-state index contributed by atoms with van der Waals surface area (Å²) in [5.41, 5.74) is 0. The van der Waals surface area contributed by atoms with Crippen molar-refractivity contribution in [2.24, 2.45) is 0 Å². The maximum atomic E-state index is 12.6. The molecule has 18 heavy (non-hydrogen) atoms. The van der Waals surface area contributed by atoms with Crippen molar-refractivity contribution in [2.75, 3.05) is 11.9 Å². The number of ether oxygens (including phenoxy) is 1. The molecular weight excluding hydrogens is 237 g/mol. The zero-order valence-corrected chi connectivity index (χ0v) is 9.34. The number of benzene rings is 1. The zero-order chi connectivity index (χ0) is 12.8. The summed E-state index contributed by atoms with van der Waals surface area (Å²) in [5.74, 6) is -0.110. The third-order valence-corrected chi connectivity index (χ3v) is 2.00. The van der Waals surface area contributed by atoms with Gasteiger partial charge in [0.1, 0.15) is 11.6 Å². The number of carbonyl (C=O) groups excluding carboxylic acids is 1. The highest BCUT2D eigenvalue weighted by Gasteiger charge is 2.04. The lowest BCUT2D eigenvalue weighted by Crippen LogP contribution is -2.21. The average Bonchev–Trinajstić information content (AvgIpc) is 2.39. The molecule has 0 fully saturated rings. The highest BCUT2D eigenvalue weighted by Crippen LogP contribution is 2.10. The predicted octanol–water partition coefficient (Wildman–Crippen LogP) is 1.63. The molecule has 5 nitrogen and oxygen atoms in total. The van der Waals surface area contributed by atoms with E-state index in [1.807, 2.05) is 0 Å². The summed E-state index contributed by atoms with van der Waals surface area (Å²) in [6.45, 7) is -0.191. The second-order valence-electron chi connectivity index (χ2n) is 3.36. The molecule has 1 heterocycles. The van der Waals surface area contributed by atoms with Gasteiger partial charge in [0, 0.05) is 12.4 Å². The van der Waals surface area contributed by atoms with Gasteiger partial charge in [0.25, 0.3) is 5.91 Å². The Balaban J connectivity index is 1.83. The Hall–Kier alpha value is -2.50. The fourth-order valence-electron chi connectivity index (χ4n) is 1.20. The van der Waals surface area contributed by atoms with Crippen LogP contribution in [-0.2, 0) is 4.79 Å². The van der Waals surface area contributed by atoms with Crippen LogP contribution in [0, 0.1) is 5.82 Å². The van der Waals surface area contributed by atoms with E-state index in [1.54, 1.807) is 6.07 Å². The fraction of sp³-hybridized carbons (Fsp3) is 0.0833. The summed E-state index contributed by atoms with van der Waals surface area (Å²) >= 11 is 0. The van der Waals surface area contributed by atoms with Crippen molar-refractivity contribution in [3.63, 3.8) is 0 Å². The van der Waals surface area contributed by atoms with Crippen molar-refractivity contribution in [1.82, 2.24) is 9.97 Å². The predicted molar refractivity (Wildman–Crippen MR) is 62.6 cm³/mol. The van der Waals surface area contributed by atoms with E-state index in [4.69, 9.17) is 4.74 Å². The maximum Gasteiger partial charge on any atom is 0.264 e. The molecule has 0 aliphatic carbocycles. The normalized spacial score (nSPS) is 9.83. The average molecular weight is 247 g/mol. The number of hydrogen-bond donors (Lipinski definition) is 1. The molecule has 0 radical (unpaired) electrons. The van der Waals surface area contributed by atoms with E-state index < -0.39 is 0 Å². The molecule has 0 aliphatic rings. The highest BCUT2D eigenvalue weighted by atomic mass is 19.1. The number of nitrogens with zero attached hydrogens (tertiary/aromatic N) is 2. The van der Waals surface area contributed by atoms with Crippen LogP contribution in [0.1, 0.15) is 0 Å². The number of halogens is 1. The van der Waals surface area contributed by atoms with Crippen LogP contribution in [0.25, 0.3) is 0 Å². The lowest BCUT2D eigenvalue weighted by atomic mass is 10.3. The second kappa shape index (κ2) is 5.72. The van der Waals surface area contributed by atoms with Crippen molar-refractivity contribution in [3.05, 3.63) is 48.5 Å². The highest BCUT2D eigenvalue weighted by molar-refractivity contribution is 5.90. The van der Waals surface area contributed by atoms with Gasteiger partial charge in [-0.25, -0.2) is 14.4 Å². The fourth-order valence-corrected chi connectivity index (χ4v) is 1.20. The summed E-state index contributed by atoms with van der Waals surface area (Å²) < 4.78 is 17.8. The molecule has 0 aliphatic heterocycles. The minimum Gasteiger partial charge on any atom is -0.484 e. The quantitative estimate of drug-likeness (QED) is 0.891. The van der Waals surface area contributed by atoms with Crippen molar-refractivity contribution < 1.29 is 13.9 Å². The third kappa shape index (κ3) is 3.51. The van der Waals surface area contributed by atoms with E-state index in [0.29, 0.717) is 5.75 Å². The Bertz CT molecular complexity index is 517. The minimum atomic E-state index is -0.384. The second-order valence-corrected chi connectivity index (χ2v) is 3.36. The Morgan fingerprint density at radius 3 is 2.56 bits per heavy atom. The Morgan fingerprint density at radius 2 is 1.89 bits per heavy atom. The van der Waals surface area contributed by atoms with Crippen molar-refractivity contribution in [2.45, 2.75) is 0 Å². The Labute approximate surface area is 103 Å². The van der Waals surface area contributed by atoms with Crippen LogP contribution >= 0.6 is 0 Å². The monoisotopic (exact) mass is 247 g/mol. The molecule has 6 heteroatoms. The number of anilines is 1. The first-order valence-electron chi connectivity index (χ1n) is 5.19. The van der Waals surface area contributed by atoms with Crippen LogP contribution in [-0.4, -0.2) is 22.5 Å². The molecule has 0 atom stereocenters. The van der Waals surface area contributed by atoms with Crippen molar-refractivity contribution in [1.29, 1.82) is 0 Å². The van der Waals surface area contributed by atoms with Crippen LogP contribution in [0.5, 0.6) is 5.75 Å². The van der Waals surface area contributed by atoms with Gasteiger partial charge in [0.05, 0.1) is 0 Å². The van der Waals surface area contributed by atoms with Gasteiger partial charge in [0.2, 0.25) is 5.95 Å². The SMILES string of the molecule is O=C(COc1ccc(F)cc1)Nc1ncccn1. The maximum absolute atomic E-state index is 12.6. The van der Waals surface area contributed by atoms with Gasteiger partial charge in [-0.15, -0.1) is 0 Å². The molecule has 0 bridgehead atoms. The van der Waals surface area contributed by atoms with Crippen LogP contribution in [0.15, 0.2) is 42.7 Å². The minimum absolute atomic E-state index is 0.191. The third-order valence-electron chi connectivity index (χ3n) is 2.00. The number of aromatic nitrogens is 2. The van der Waals surface area contributed by atoms with E-state index in [1.165, 1.54) is 36.7 Å². The number of carbonyl (C=O) groups is 1. The van der Waals surface area contributed by atoms with Gasteiger partial charge < -0.3 is 4.74 Å².